The van der Waals surface area contributed by atoms with E-state index in [0.717, 1.165) is 37.0 Å². The Kier molecular flexibility index (Phi) is 6.01. The molecule has 1 amide bonds. The molecule has 0 saturated carbocycles. The number of sulfonamides is 1. The van der Waals surface area contributed by atoms with E-state index in [1.807, 2.05) is 29.2 Å². The molecule has 1 aliphatic rings. The number of ether oxygens (including phenoxy) is 1. The highest BCUT2D eigenvalue weighted by Gasteiger charge is 2.24. The summed E-state index contributed by atoms with van der Waals surface area (Å²) in [5, 5.41) is 0. The molecule has 128 valence electrons. The van der Waals surface area contributed by atoms with Crippen LogP contribution in [0.2, 0.25) is 0 Å². The fourth-order valence-electron chi connectivity index (χ4n) is 2.76. The average Bonchev–Trinajstić information content (AvgIpc) is 2.53. The van der Waals surface area contributed by atoms with Crippen molar-refractivity contribution in [1.29, 1.82) is 0 Å². The summed E-state index contributed by atoms with van der Waals surface area (Å²) in [5.41, 5.74) is 0.951. The number of piperidine rings is 1. The predicted octanol–water partition coefficient (Wildman–Crippen LogP) is 1.03. The van der Waals surface area contributed by atoms with Crippen LogP contribution in [0.3, 0.4) is 0 Å². The molecule has 0 bridgehead atoms. The van der Waals surface area contributed by atoms with Crippen LogP contribution in [0.4, 0.5) is 0 Å². The van der Waals surface area contributed by atoms with Gasteiger partial charge in [-0.2, -0.15) is 0 Å². The minimum Gasteiger partial charge on any atom is -0.497 e. The van der Waals surface area contributed by atoms with Gasteiger partial charge in [0.15, 0.2) is 0 Å². The number of rotatable bonds is 6. The summed E-state index contributed by atoms with van der Waals surface area (Å²) in [7, 11) is -1.57. The number of nitrogens with one attached hydrogen (secondary N) is 1. The van der Waals surface area contributed by atoms with Gasteiger partial charge < -0.3 is 9.64 Å². The van der Waals surface area contributed by atoms with Crippen molar-refractivity contribution in [2.75, 3.05) is 33.0 Å². The van der Waals surface area contributed by atoms with Gasteiger partial charge in [0, 0.05) is 19.6 Å². The van der Waals surface area contributed by atoms with Gasteiger partial charge in [0.2, 0.25) is 15.9 Å². The Bertz CT molecular complexity index is 628. The van der Waals surface area contributed by atoms with E-state index in [1.54, 1.807) is 7.11 Å². The van der Waals surface area contributed by atoms with E-state index in [-0.39, 0.29) is 11.8 Å². The van der Waals surface area contributed by atoms with E-state index in [2.05, 4.69) is 4.72 Å². The SMILES string of the molecule is COc1ccc(CC(=O)N2CCC[C@H](CNS(C)(=O)=O)C2)cc1. The second kappa shape index (κ2) is 7.79. The zero-order valence-electron chi connectivity index (χ0n) is 13.6. The molecule has 1 saturated heterocycles. The molecule has 1 heterocycles. The zero-order valence-corrected chi connectivity index (χ0v) is 14.4. The third-order valence-electron chi connectivity index (χ3n) is 4.02. The van der Waals surface area contributed by atoms with Crippen molar-refractivity contribution in [2.24, 2.45) is 5.92 Å². The molecule has 1 aromatic carbocycles. The summed E-state index contributed by atoms with van der Waals surface area (Å²) in [5.74, 6) is 1.03. The van der Waals surface area contributed by atoms with Gasteiger partial charge >= 0.3 is 0 Å². The van der Waals surface area contributed by atoms with Crippen molar-refractivity contribution in [3.8, 4) is 5.75 Å². The third kappa shape index (κ3) is 5.84. The first kappa shape index (κ1) is 17.7. The first-order valence-electron chi connectivity index (χ1n) is 7.73. The highest BCUT2D eigenvalue weighted by molar-refractivity contribution is 7.88. The molecule has 7 heteroatoms. The molecule has 1 aromatic rings. The normalized spacial score (nSPS) is 18.7. The van der Waals surface area contributed by atoms with Crippen LogP contribution in [-0.4, -0.2) is 52.2 Å². The van der Waals surface area contributed by atoms with Crippen molar-refractivity contribution in [3.05, 3.63) is 29.8 Å². The maximum Gasteiger partial charge on any atom is 0.226 e. The number of amides is 1. The highest BCUT2D eigenvalue weighted by Crippen LogP contribution is 2.18. The summed E-state index contributed by atoms with van der Waals surface area (Å²) in [4.78, 5) is 14.3. The summed E-state index contributed by atoms with van der Waals surface area (Å²) in [6.07, 6.45) is 3.36. The number of benzene rings is 1. The Hall–Kier alpha value is -1.60. The van der Waals surface area contributed by atoms with E-state index < -0.39 is 10.0 Å². The molecule has 23 heavy (non-hydrogen) atoms. The summed E-state index contributed by atoms with van der Waals surface area (Å²) in [6.45, 7) is 1.74. The molecule has 6 nitrogen and oxygen atoms in total. The van der Waals surface area contributed by atoms with Gasteiger partial charge in [0.25, 0.3) is 0 Å². The highest BCUT2D eigenvalue weighted by atomic mass is 32.2. The maximum absolute atomic E-state index is 12.4. The number of carbonyl (C=O) groups is 1. The maximum atomic E-state index is 12.4. The minimum absolute atomic E-state index is 0.0826. The van der Waals surface area contributed by atoms with Crippen LogP contribution in [0.5, 0.6) is 5.75 Å². The van der Waals surface area contributed by atoms with Gasteiger partial charge in [0.1, 0.15) is 5.75 Å². The monoisotopic (exact) mass is 340 g/mol. The second-order valence-electron chi connectivity index (χ2n) is 5.99. The van der Waals surface area contributed by atoms with Crippen LogP contribution < -0.4 is 9.46 Å². The van der Waals surface area contributed by atoms with Gasteiger partial charge in [-0.1, -0.05) is 12.1 Å². The largest absolute Gasteiger partial charge is 0.497 e. The number of hydrogen-bond donors (Lipinski definition) is 1. The third-order valence-corrected chi connectivity index (χ3v) is 4.71. The molecular formula is C16H24N2O4S. The Balaban J connectivity index is 1.88. The summed E-state index contributed by atoms with van der Waals surface area (Å²) < 4.78 is 30.0. The second-order valence-corrected chi connectivity index (χ2v) is 7.83. The number of carbonyl (C=O) groups excluding carboxylic acids is 1. The molecule has 1 aliphatic heterocycles. The Morgan fingerprint density at radius 3 is 2.65 bits per heavy atom. The first-order valence-corrected chi connectivity index (χ1v) is 9.62. The first-order chi connectivity index (χ1) is 10.9. The molecular weight excluding hydrogens is 316 g/mol. The lowest BCUT2D eigenvalue weighted by Crippen LogP contribution is -2.44. The lowest BCUT2D eigenvalue weighted by molar-refractivity contribution is -0.132. The van der Waals surface area contributed by atoms with Crippen molar-refractivity contribution in [2.45, 2.75) is 19.3 Å². The van der Waals surface area contributed by atoms with E-state index in [9.17, 15) is 13.2 Å². The fraction of sp³-hybridized carbons (Fsp3) is 0.562. The van der Waals surface area contributed by atoms with E-state index in [1.165, 1.54) is 0 Å². The standard InChI is InChI=1S/C16H24N2O4S/c1-22-15-7-5-13(6-8-15)10-16(19)18-9-3-4-14(12-18)11-17-23(2,20)21/h5-8,14,17H,3-4,9-12H2,1-2H3/t14-/m1/s1. The van der Waals surface area contributed by atoms with E-state index in [0.29, 0.717) is 19.5 Å². The molecule has 1 atom stereocenters. The number of nitrogens with zero attached hydrogens (tertiary/aromatic N) is 1. The summed E-state index contributed by atoms with van der Waals surface area (Å²) >= 11 is 0. The Morgan fingerprint density at radius 2 is 2.04 bits per heavy atom. The molecule has 0 aliphatic carbocycles. The smallest absolute Gasteiger partial charge is 0.226 e. The Morgan fingerprint density at radius 1 is 1.35 bits per heavy atom. The summed E-state index contributed by atoms with van der Waals surface area (Å²) in [6, 6.07) is 7.47. The quantitative estimate of drug-likeness (QED) is 0.839. The molecule has 1 fully saturated rings. The molecule has 0 spiro atoms. The molecule has 1 N–H and O–H groups in total. The Labute approximate surface area is 137 Å². The average molecular weight is 340 g/mol. The van der Waals surface area contributed by atoms with Crippen LogP contribution in [0, 0.1) is 5.92 Å². The van der Waals surface area contributed by atoms with Gasteiger partial charge in [0.05, 0.1) is 19.8 Å². The lowest BCUT2D eigenvalue weighted by atomic mass is 9.97. The molecule has 0 aromatic heterocycles. The minimum atomic E-state index is -3.18. The topological polar surface area (TPSA) is 75.7 Å². The van der Waals surface area contributed by atoms with Crippen LogP contribution in [0.1, 0.15) is 18.4 Å². The van der Waals surface area contributed by atoms with Crippen molar-refractivity contribution < 1.29 is 17.9 Å². The number of hydrogen-bond acceptors (Lipinski definition) is 4. The van der Waals surface area contributed by atoms with E-state index >= 15 is 0 Å². The zero-order chi connectivity index (χ0) is 16.9. The van der Waals surface area contributed by atoms with Gasteiger partial charge in [-0.15, -0.1) is 0 Å². The van der Waals surface area contributed by atoms with Crippen molar-refractivity contribution >= 4 is 15.9 Å². The fourth-order valence-corrected chi connectivity index (χ4v) is 3.30. The molecule has 2 rings (SSSR count). The van der Waals surface area contributed by atoms with Gasteiger partial charge in [-0.05, 0) is 36.5 Å². The van der Waals surface area contributed by atoms with E-state index in [4.69, 9.17) is 4.74 Å². The van der Waals surface area contributed by atoms with Crippen molar-refractivity contribution in [1.82, 2.24) is 9.62 Å². The van der Waals surface area contributed by atoms with Gasteiger partial charge in [-0.25, -0.2) is 13.1 Å². The predicted molar refractivity (Wildman–Crippen MR) is 88.8 cm³/mol. The van der Waals surface area contributed by atoms with Gasteiger partial charge in [-0.3, -0.25) is 4.79 Å². The molecule has 0 radical (unpaired) electrons. The molecule has 0 unspecified atom stereocenters. The lowest BCUT2D eigenvalue weighted by Gasteiger charge is -2.33. The van der Waals surface area contributed by atoms with Crippen LogP contribution in [0.25, 0.3) is 0 Å². The van der Waals surface area contributed by atoms with Crippen molar-refractivity contribution in [3.63, 3.8) is 0 Å². The number of methoxy groups -OCH3 is 1. The van der Waals surface area contributed by atoms with Crippen LogP contribution in [0.15, 0.2) is 24.3 Å². The van der Waals surface area contributed by atoms with Crippen LogP contribution >= 0.6 is 0 Å². The number of likely N-dealkylation sites (tertiary alicyclic amines) is 1. The van der Waals surface area contributed by atoms with Crippen LogP contribution in [-0.2, 0) is 21.2 Å².